The van der Waals surface area contributed by atoms with Crippen LogP contribution in [-0.2, 0) is 10.1 Å². The molecule has 0 aliphatic carbocycles. The van der Waals surface area contributed by atoms with Gasteiger partial charge in [-0.1, -0.05) is 22.3 Å². The predicted octanol–water partition coefficient (Wildman–Crippen LogP) is 3.58. The van der Waals surface area contributed by atoms with Crippen molar-refractivity contribution < 1.29 is 21.8 Å². The Morgan fingerprint density at radius 2 is 1.55 bits per heavy atom. The standard InChI is InChI=1S/C21H22F4N4OS/c22-18-3-7-20(8-4-18)29-14-17(13-26-29)16-1-5-19(6-2-16)28-9-11-31(30,12-10-28)27-15-21(23,24)25/h1-8,13-14,31H,9-12,15H2,(H,27,30). The maximum absolute atomic E-state index is 13.1. The Bertz CT molecular complexity index is 1070. The number of nitrogens with one attached hydrogen (secondary N) is 1. The van der Waals surface area contributed by atoms with E-state index in [-0.39, 0.29) is 17.3 Å². The molecule has 0 atom stereocenters. The maximum Gasteiger partial charge on any atom is 0.402 e. The lowest BCUT2D eigenvalue weighted by Crippen LogP contribution is -2.52. The topological polar surface area (TPSA) is 50.2 Å². The van der Waals surface area contributed by atoms with Crippen LogP contribution in [0.5, 0.6) is 0 Å². The molecule has 4 rings (SSSR count). The number of nitrogens with zero attached hydrogens (tertiary/aromatic N) is 3. The molecule has 1 aromatic heterocycles. The molecule has 1 aliphatic heterocycles. The van der Waals surface area contributed by atoms with E-state index >= 15 is 0 Å². The molecule has 166 valence electrons. The Morgan fingerprint density at radius 3 is 2.16 bits per heavy atom. The highest BCUT2D eigenvalue weighted by atomic mass is 32.3. The highest BCUT2D eigenvalue weighted by Crippen LogP contribution is 2.25. The number of rotatable bonds is 5. The summed E-state index contributed by atoms with van der Waals surface area (Å²) in [6, 6.07) is 13.8. The zero-order chi connectivity index (χ0) is 22.1. The molecule has 1 saturated heterocycles. The fourth-order valence-electron chi connectivity index (χ4n) is 3.51. The number of halogens is 4. The Hall–Kier alpha value is -2.72. The van der Waals surface area contributed by atoms with E-state index in [0.29, 0.717) is 13.1 Å². The Kier molecular flexibility index (Phi) is 5.85. The largest absolute Gasteiger partial charge is 0.402 e. The Balaban J connectivity index is 1.39. The van der Waals surface area contributed by atoms with Gasteiger partial charge in [0, 0.05) is 42.0 Å². The van der Waals surface area contributed by atoms with E-state index in [1.165, 1.54) is 12.1 Å². The molecule has 0 bridgehead atoms. The van der Waals surface area contributed by atoms with Gasteiger partial charge in [0.05, 0.1) is 11.9 Å². The van der Waals surface area contributed by atoms with E-state index in [1.807, 2.05) is 35.4 Å². The third-order valence-electron chi connectivity index (χ3n) is 5.27. The van der Waals surface area contributed by atoms with Crippen molar-refractivity contribution in [3.8, 4) is 16.8 Å². The minimum absolute atomic E-state index is 0.204. The monoisotopic (exact) mass is 454 g/mol. The SMILES string of the molecule is O=[SH]1(NCC(F)(F)F)CCN(c2ccc(-c3cnn(-c4ccc(F)cc4)c3)cc2)CC1. The van der Waals surface area contributed by atoms with E-state index in [2.05, 4.69) is 9.82 Å². The Labute approximate surface area is 178 Å². The van der Waals surface area contributed by atoms with E-state index < -0.39 is 22.8 Å². The summed E-state index contributed by atoms with van der Waals surface area (Å²) in [5.74, 6) is 0.0989. The molecule has 10 heteroatoms. The van der Waals surface area contributed by atoms with Crippen molar-refractivity contribution in [2.45, 2.75) is 6.18 Å². The van der Waals surface area contributed by atoms with Crippen molar-refractivity contribution in [2.24, 2.45) is 0 Å². The first-order valence-corrected chi connectivity index (χ1v) is 11.8. The number of alkyl halides is 3. The highest BCUT2D eigenvalue weighted by Gasteiger charge is 2.31. The van der Waals surface area contributed by atoms with Crippen molar-refractivity contribution in [3.63, 3.8) is 0 Å². The van der Waals surface area contributed by atoms with Gasteiger partial charge >= 0.3 is 6.18 Å². The van der Waals surface area contributed by atoms with E-state index in [4.69, 9.17) is 0 Å². The molecule has 0 saturated carbocycles. The van der Waals surface area contributed by atoms with Gasteiger partial charge in [0.1, 0.15) is 12.4 Å². The van der Waals surface area contributed by atoms with Crippen LogP contribution in [0.3, 0.4) is 0 Å². The number of aromatic nitrogens is 2. The second-order valence-corrected chi connectivity index (χ2v) is 10.5. The highest BCUT2D eigenvalue weighted by molar-refractivity contribution is 8.01. The zero-order valence-corrected chi connectivity index (χ0v) is 17.4. The molecule has 2 aromatic carbocycles. The molecular weight excluding hydrogens is 432 g/mol. The van der Waals surface area contributed by atoms with Crippen LogP contribution in [0.2, 0.25) is 0 Å². The van der Waals surface area contributed by atoms with Crippen LogP contribution >= 0.6 is 0 Å². The number of hydrogen-bond acceptors (Lipinski definition) is 3. The smallest absolute Gasteiger partial charge is 0.370 e. The second-order valence-electron chi connectivity index (χ2n) is 7.47. The lowest BCUT2D eigenvalue weighted by Gasteiger charge is -2.37. The lowest BCUT2D eigenvalue weighted by molar-refractivity contribution is -0.121. The van der Waals surface area contributed by atoms with Crippen molar-refractivity contribution in [3.05, 3.63) is 66.7 Å². The van der Waals surface area contributed by atoms with Crippen molar-refractivity contribution in [1.82, 2.24) is 14.5 Å². The number of thiol groups is 1. The molecule has 0 spiro atoms. The van der Waals surface area contributed by atoms with Crippen molar-refractivity contribution >= 4 is 15.8 Å². The predicted molar refractivity (Wildman–Crippen MR) is 115 cm³/mol. The van der Waals surface area contributed by atoms with E-state index in [9.17, 15) is 21.8 Å². The summed E-state index contributed by atoms with van der Waals surface area (Å²) >= 11 is 0. The van der Waals surface area contributed by atoms with E-state index in [0.717, 1.165) is 22.5 Å². The molecule has 0 unspecified atom stereocenters. The fraction of sp³-hybridized carbons (Fsp3) is 0.286. The van der Waals surface area contributed by atoms with Gasteiger partial charge in [0.15, 0.2) is 0 Å². The van der Waals surface area contributed by atoms with Crippen LogP contribution in [0.15, 0.2) is 60.9 Å². The number of anilines is 1. The molecule has 1 N–H and O–H groups in total. The summed E-state index contributed by atoms with van der Waals surface area (Å²) < 4.78 is 66.8. The quantitative estimate of drug-likeness (QED) is 0.458. The fourth-order valence-corrected chi connectivity index (χ4v) is 5.65. The van der Waals surface area contributed by atoms with E-state index in [1.54, 1.807) is 23.0 Å². The molecule has 1 aliphatic rings. The van der Waals surface area contributed by atoms with Crippen LogP contribution in [0.25, 0.3) is 16.8 Å². The van der Waals surface area contributed by atoms with Gasteiger partial charge in [0.25, 0.3) is 0 Å². The number of benzene rings is 2. The molecule has 31 heavy (non-hydrogen) atoms. The summed E-state index contributed by atoms with van der Waals surface area (Å²) in [5, 5.41) is 4.32. The van der Waals surface area contributed by atoms with Crippen molar-refractivity contribution in [1.29, 1.82) is 0 Å². The first kappa shape index (κ1) is 21.5. The van der Waals surface area contributed by atoms with Gasteiger partial charge in [-0.25, -0.2) is 9.07 Å². The van der Waals surface area contributed by atoms with Crippen LogP contribution < -0.4 is 9.62 Å². The van der Waals surface area contributed by atoms with Gasteiger partial charge in [-0.15, -0.1) is 0 Å². The third-order valence-corrected chi connectivity index (χ3v) is 7.85. The average molecular weight is 454 g/mol. The number of hydrogen-bond donors (Lipinski definition) is 2. The molecule has 0 amide bonds. The molecule has 3 aromatic rings. The lowest BCUT2D eigenvalue weighted by atomic mass is 10.1. The molecule has 5 nitrogen and oxygen atoms in total. The Morgan fingerprint density at radius 1 is 0.935 bits per heavy atom. The molecule has 1 fully saturated rings. The van der Waals surface area contributed by atoms with Crippen LogP contribution in [0.4, 0.5) is 23.2 Å². The van der Waals surface area contributed by atoms with Gasteiger partial charge in [-0.2, -0.15) is 18.3 Å². The summed E-state index contributed by atoms with van der Waals surface area (Å²) in [6.07, 6.45) is -0.789. The molecule has 2 heterocycles. The summed E-state index contributed by atoms with van der Waals surface area (Å²) in [6.45, 7) is -0.349. The normalized spacial score (nSPS) is 17.5. The average Bonchev–Trinajstić information content (AvgIpc) is 3.24. The van der Waals surface area contributed by atoms with Gasteiger partial charge in [0.2, 0.25) is 0 Å². The van der Waals surface area contributed by atoms with Gasteiger partial charge in [-0.05, 0) is 42.0 Å². The van der Waals surface area contributed by atoms with Crippen molar-refractivity contribution in [2.75, 3.05) is 36.0 Å². The minimum atomic E-state index is -4.37. The second kappa shape index (κ2) is 8.43. The third kappa shape index (κ3) is 5.31. The molecular formula is C21H22F4N4OS. The van der Waals surface area contributed by atoms with Crippen LogP contribution in [0, 0.1) is 5.82 Å². The van der Waals surface area contributed by atoms with Crippen LogP contribution in [0.1, 0.15) is 0 Å². The van der Waals surface area contributed by atoms with Gasteiger partial charge < -0.3 is 4.90 Å². The maximum atomic E-state index is 13.1. The zero-order valence-electron chi connectivity index (χ0n) is 16.5. The minimum Gasteiger partial charge on any atom is -0.370 e. The first-order valence-electron chi connectivity index (χ1n) is 9.77. The summed E-state index contributed by atoms with van der Waals surface area (Å²) in [5.41, 5.74) is 3.53. The molecule has 0 radical (unpaired) electrons. The summed E-state index contributed by atoms with van der Waals surface area (Å²) in [4.78, 5) is 2.02. The van der Waals surface area contributed by atoms with Gasteiger partial charge in [-0.3, -0.25) is 8.93 Å². The first-order chi connectivity index (χ1) is 14.7. The van der Waals surface area contributed by atoms with Crippen LogP contribution in [-0.4, -0.2) is 51.3 Å². The summed E-state index contributed by atoms with van der Waals surface area (Å²) in [7, 11) is -3.00.